The molecule has 8 heteroatoms. The first-order valence-corrected chi connectivity index (χ1v) is 7.52. The molecule has 1 heterocycles. The van der Waals surface area contributed by atoms with Gasteiger partial charge in [-0.25, -0.2) is 0 Å². The number of nitrogens with zero attached hydrogens (tertiary/aromatic N) is 2. The second-order valence-electron chi connectivity index (χ2n) is 5.57. The topological polar surface area (TPSA) is 49.9 Å². The molecule has 0 aromatic heterocycles. The van der Waals surface area contributed by atoms with E-state index in [2.05, 4.69) is 0 Å². The van der Waals surface area contributed by atoms with Gasteiger partial charge in [-0.2, -0.15) is 13.2 Å². The summed E-state index contributed by atoms with van der Waals surface area (Å²) in [4.78, 5) is 27.5. The van der Waals surface area contributed by atoms with Crippen LogP contribution in [0.5, 0.6) is 0 Å². The van der Waals surface area contributed by atoms with Crippen LogP contribution in [0.3, 0.4) is 0 Å². The molecule has 1 fully saturated rings. The van der Waals surface area contributed by atoms with Crippen molar-refractivity contribution < 1.29 is 27.5 Å². The number of piperazine rings is 1. The highest BCUT2D eigenvalue weighted by atomic mass is 19.4. The summed E-state index contributed by atoms with van der Waals surface area (Å²) in [5, 5.41) is 0. The van der Waals surface area contributed by atoms with Gasteiger partial charge in [0.05, 0.1) is 5.56 Å². The van der Waals surface area contributed by atoms with Crippen molar-refractivity contribution in [3.05, 3.63) is 35.4 Å². The van der Waals surface area contributed by atoms with E-state index < -0.39 is 17.8 Å². The Kier molecular flexibility index (Phi) is 5.48. The van der Waals surface area contributed by atoms with Gasteiger partial charge in [0.2, 0.25) is 0 Å². The van der Waals surface area contributed by atoms with Crippen LogP contribution < -0.4 is 0 Å². The molecule has 0 bridgehead atoms. The maximum atomic E-state index is 12.5. The number of halogens is 3. The number of amides is 2. The van der Waals surface area contributed by atoms with E-state index in [9.17, 15) is 22.8 Å². The van der Waals surface area contributed by atoms with E-state index in [0.29, 0.717) is 26.2 Å². The fraction of sp³-hybridized carbons (Fsp3) is 0.500. The summed E-state index contributed by atoms with van der Waals surface area (Å²) in [5.74, 6) is -0.477. The maximum Gasteiger partial charge on any atom is 0.416 e. The summed E-state index contributed by atoms with van der Waals surface area (Å²) in [6, 6.07) is 4.14. The predicted octanol–water partition coefficient (Wildman–Crippen LogP) is 2.02. The molecule has 2 rings (SSSR count). The average molecular weight is 344 g/mol. The molecule has 5 nitrogen and oxygen atoms in total. The summed E-state index contributed by atoms with van der Waals surface area (Å²) < 4.78 is 42.6. The third-order valence-corrected chi connectivity index (χ3v) is 4.04. The van der Waals surface area contributed by atoms with Gasteiger partial charge in [0.15, 0.2) is 0 Å². The normalized spacial score (nSPS) is 16.9. The highest BCUT2D eigenvalue weighted by Crippen LogP contribution is 2.29. The second-order valence-corrected chi connectivity index (χ2v) is 5.57. The molecule has 2 amide bonds. The van der Waals surface area contributed by atoms with Crippen molar-refractivity contribution in [2.75, 3.05) is 33.3 Å². The lowest BCUT2D eigenvalue weighted by Crippen LogP contribution is -2.52. The van der Waals surface area contributed by atoms with E-state index in [1.165, 1.54) is 24.1 Å². The van der Waals surface area contributed by atoms with Gasteiger partial charge >= 0.3 is 6.18 Å². The summed E-state index contributed by atoms with van der Waals surface area (Å²) in [6.45, 7) is 3.07. The van der Waals surface area contributed by atoms with Crippen molar-refractivity contribution in [3.8, 4) is 0 Å². The van der Waals surface area contributed by atoms with Gasteiger partial charge in [0.1, 0.15) is 6.10 Å². The average Bonchev–Trinajstić information content (AvgIpc) is 2.59. The monoisotopic (exact) mass is 344 g/mol. The summed E-state index contributed by atoms with van der Waals surface area (Å²) in [5.41, 5.74) is -0.587. The van der Waals surface area contributed by atoms with Gasteiger partial charge in [-0.3, -0.25) is 9.59 Å². The molecule has 1 aromatic rings. The molecule has 132 valence electrons. The highest BCUT2D eigenvalue weighted by Gasteiger charge is 2.31. The van der Waals surface area contributed by atoms with E-state index in [1.54, 1.807) is 11.8 Å². The number of rotatable bonds is 3. The number of carbonyl (C=O) groups excluding carboxylic acids is 2. The van der Waals surface area contributed by atoms with Crippen LogP contribution in [0.2, 0.25) is 0 Å². The van der Waals surface area contributed by atoms with E-state index in [0.717, 1.165) is 12.1 Å². The summed E-state index contributed by atoms with van der Waals surface area (Å²) in [7, 11) is 1.45. The molecule has 0 spiro atoms. The Bertz CT molecular complexity index is 594. The number of carbonyl (C=O) groups is 2. The van der Waals surface area contributed by atoms with Crippen LogP contribution in [-0.4, -0.2) is 61.0 Å². The molecule has 1 unspecified atom stereocenters. The number of alkyl halides is 3. The molecule has 0 saturated carbocycles. The first kappa shape index (κ1) is 18.3. The molecular formula is C16H19F3N2O3. The first-order chi connectivity index (χ1) is 11.2. The van der Waals surface area contributed by atoms with Crippen molar-refractivity contribution >= 4 is 11.8 Å². The zero-order valence-electron chi connectivity index (χ0n) is 13.5. The Morgan fingerprint density at radius 1 is 1.04 bits per heavy atom. The fourth-order valence-corrected chi connectivity index (χ4v) is 2.47. The molecule has 1 aliphatic rings. The minimum atomic E-state index is -4.42. The van der Waals surface area contributed by atoms with Crippen LogP contribution >= 0.6 is 0 Å². The zero-order chi connectivity index (χ0) is 17.9. The molecule has 1 aromatic carbocycles. The summed E-state index contributed by atoms with van der Waals surface area (Å²) in [6.07, 6.45) is -4.96. The minimum Gasteiger partial charge on any atom is -0.372 e. The third-order valence-electron chi connectivity index (χ3n) is 4.04. The molecule has 1 saturated heterocycles. The highest BCUT2D eigenvalue weighted by molar-refractivity contribution is 5.94. The first-order valence-electron chi connectivity index (χ1n) is 7.52. The quantitative estimate of drug-likeness (QED) is 0.843. The SMILES string of the molecule is COC(C)C(=O)N1CCN(C(=O)c2ccc(C(F)(F)F)cc2)CC1. The standard InChI is InChI=1S/C16H19F3N2O3/c1-11(24-2)14(22)20-7-9-21(10-8-20)15(23)12-3-5-13(6-4-12)16(17,18)19/h3-6,11H,7-10H2,1-2H3. The van der Waals surface area contributed by atoms with Gasteiger partial charge in [-0.1, -0.05) is 0 Å². The van der Waals surface area contributed by atoms with Crippen LogP contribution in [0.25, 0.3) is 0 Å². The van der Waals surface area contributed by atoms with Gasteiger partial charge in [0, 0.05) is 38.9 Å². The van der Waals surface area contributed by atoms with E-state index in [1.807, 2.05) is 0 Å². The Balaban J connectivity index is 1.97. The number of hydrogen-bond donors (Lipinski definition) is 0. The van der Waals surface area contributed by atoms with Crippen molar-refractivity contribution in [2.45, 2.75) is 19.2 Å². The fourth-order valence-electron chi connectivity index (χ4n) is 2.47. The molecule has 1 aliphatic heterocycles. The zero-order valence-corrected chi connectivity index (χ0v) is 13.5. The Labute approximate surface area is 138 Å². The Hall–Kier alpha value is -2.09. The molecule has 1 atom stereocenters. The van der Waals surface area contributed by atoms with Gasteiger partial charge in [0.25, 0.3) is 11.8 Å². The van der Waals surface area contributed by atoms with Gasteiger partial charge < -0.3 is 14.5 Å². The lowest BCUT2D eigenvalue weighted by atomic mass is 10.1. The van der Waals surface area contributed by atoms with Crippen molar-refractivity contribution in [1.29, 1.82) is 0 Å². The molecular weight excluding hydrogens is 325 g/mol. The number of benzene rings is 1. The maximum absolute atomic E-state index is 12.5. The van der Waals surface area contributed by atoms with Crippen molar-refractivity contribution in [1.82, 2.24) is 9.80 Å². The number of ether oxygens (including phenoxy) is 1. The molecule has 24 heavy (non-hydrogen) atoms. The van der Waals surface area contributed by atoms with Crippen LogP contribution in [0.4, 0.5) is 13.2 Å². The van der Waals surface area contributed by atoms with E-state index in [-0.39, 0.29) is 17.4 Å². The second kappa shape index (κ2) is 7.21. The van der Waals surface area contributed by atoms with Crippen LogP contribution in [0, 0.1) is 0 Å². The molecule has 0 radical (unpaired) electrons. The minimum absolute atomic E-state index is 0.140. The van der Waals surface area contributed by atoms with Crippen molar-refractivity contribution in [3.63, 3.8) is 0 Å². The summed E-state index contributed by atoms with van der Waals surface area (Å²) >= 11 is 0. The van der Waals surface area contributed by atoms with E-state index in [4.69, 9.17) is 4.74 Å². The number of hydrogen-bond acceptors (Lipinski definition) is 3. The smallest absolute Gasteiger partial charge is 0.372 e. The molecule has 0 N–H and O–H groups in total. The van der Waals surface area contributed by atoms with E-state index >= 15 is 0 Å². The van der Waals surface area contributed by atoms with Gasteiger partial charge in [-0.05, 0) is 31.2 Å². The number of methoxy groups -OCH3 is 1. The lowest BCUT2D eigenvalue weighted by molar-refractivity contribution is -0.142. The van der Waals surface area contributed by atoms with Crippen LogP contribution in [-0.2, 0) is 15.7 Å². The molecule has 0 aliphatic carbocycles. The Morgan fingerprint density at radius 3 is 2.00 bits per heavy atom. The van der Waals surface area contributed by atoms with Crippen LogP contribution in [0.15, 0.2) is 24.3 Å². The predicted molar refractivity (Wildman–Crippen MR) is 80.4 cm³/mol. The van der Waals surface area contributed by atoms with Gasteiger partial charge in [-0.15, -0.1) is 0 Å². The Morgan fingerprint density at radius 2 is 1.54 bits per heavy atom. The van der Waals surface area contributed by atoms with Crippen LogP contribution in [0.1, 0.15) is 22.8 Å². The lowest BCUT2D eigenvalue weighted by Gasteiger charge is -2.35. The van der Waals surface area contributed by atoms with Crippen molar-refractivity contribution in [2.24, 2.45) is 0 Å². The third kappa shape index (κ3) is 4.05. The largest absolute Gasteiger partial charge is 0.416 e.